The lowest BCUT2D eigenvalue weighted by Crippen LogP contribution is -2.61. The fourth-order valence-electron chi connectivity index (χ4n) is 3.99. The van der Waals surface area contributed by atoms with E-state index < -0.39 is 21.6 Å². The maximum Gasteiger partial charge on any atom is 0.235 e. The summed E-state index contributed by atoms with van der Waals surface area (Å²) in [5, 5.41) is 9.36. The van der Waals surface area contributed by atoms with Gasteiger partial charge in [-0.05, 0) is 44.3 Å². The summed E-state index contributed by atoms with van der Waals surface area (Å²) in [5.74, 6) is 0.724. The summed E-state index contributed by atoms with van der Waals surface area (Å²) in [5.41, 5.74) is 14.1. The summed E-state index contributed by atoms with van der Waals surface area (Å²) in [6, 6.07) is -0.861. The first-order valence-electron chi connectivity index (χ1n) is 8.09. The van der Waals surface area contributed by atoms with Crippen molar-refractivity contribution in [1.82, 2.24) is 5.16 Å². The molecule has 1 fully saturated rings. The van der Waals surface area contributed by atoms with E-state index in [2.05, 4.69) is 5.16 Å². The van der Waals surface area contributed by atoms with Gasteiger partial charge in [-0.3, -0.25) is 0 Å². The molecule has 0 aliphatic heterocycles. The fourth-order valence-corrected chi connectivity index (χ4v) is 4.84. The average Bonchev–Trinajstić information content (AvgIpc) is 3.12. The zero-order valence-electron chi connectivity index (χ0n) is 14.0. The summed E-state index contributed by atoms with van der Waals surface area (Å²) in [6.45, 7) is 3.59. The van der Waals surface area contributed by atoms with E-state index in [9.17, 15) is 8.42 Å². The molecule has 0 bridgehead atoms. The second-order valence-electron chi connectivity index (χ2n) is 6.85. The van der Waals surface area contributed by atoms with Gasteiger partial charge in [0.2, 0.25) is 10.0 Å². The third kappa shape index (κ3) is 2.73. The van der Waals surface area contributed by atoms with Gasteiger partial charge in [-0.15, -0.1) is 0 Å². The lowest BCUT2D eigenvalue weighted by Gasteiger charge is -2.41. The molecule has 2 unspecified atom stereocenters. The van der Waals surface area contributed by atoms with Crippen molar-refractivity contribution in [1.29, 1.82) is 0 Å². The smallest absolute Gasteiger partial charge is 0.235 e. The van der Waals surface area contributed by atoms with E-state index in [4.69, 9.17) is 21.1 Å². The quantitative estimate of drug-likeness (QED) is 0.744. The number of aryl methyl sites for hydroxylation is 2. The van der Waals surface area contributed by atoms with E-state index in [0.717, 1.165) is 31.2 Å². The summed E-state index contributed by atoms with van der Waals surface area (Å²) >= 11 is 0. The first kappa shape index (κ1) is 17.3. The van der Waals surface area contributed by atoms with E-state index in [0.29, 0.717) is 17.0 Å². The van der Waals surface area contributed by atoms with Crippen LogP contribution in [-0.2, 0) is 10.0 Å². The molecule has 2 atom stereocenters. The maximum absolute atomic E-state index is 12.1. The second kappa shape index (κ2) is 5.80. The number of rotatable bonds is 3. The minimum absolute atomic E-state index is 0.0330. The van der Waals surface area contributed by atoms with E-state index in [1.165, 1.54) is 6.08 Å². The molecule has 8 heteroatoms. The number of sulfonamides is 1. The van der Waals surface area contributed by atoms with Crippen LogP contribution in [0.4, 0.5) is 0 Å². The van der Waals surface area contributed by atoms with Gasteiger partial charge in [0.1, 0.15) is 5.76 Å². The highest BCUT2D eigenvalue weighted by Gasteiger charge is 2.46. The van der Waals surface area contributed by atoms with E-state index >= 15 is 0 Å². The monoisotopic (exact) mass is 352 g/mol. The van der Waals surface area contributed by atoms with E-state index in [1.54, 1.807) is 13.8 Å². The standard InChI is InChI=1S/C16H24N4O3S/c1-9-14(10(2)23-20-9)11-7-13(24(19,21)22)15(17)16(18,8-11)12-5-3-4-6-12/h7-8,12,15H,3-6,17-18H2,1-2H3,(H2,19,21,22). The molecule has 1 saturated carbocycles. The van der Waals surface area contributed by atoms with Crippen molar-refractivity contribution in [2.24, 2.45) is 22.5 Å². The molecule has 0 aromatic carbocycles. The molecule has 24 heavy (non-hydrogen) atoms. The Balaban J connectivity index is 2.20. The number of hydrogen-bond acceptors (Lipinski definition) is 6. The molecule has 0 spiro atoms. The van der Waals surface area contributed by atoms with Gasteiger partial charge in [0.25, 0.3) is 0 Å². The third-order valence-electron chi connectivity index (χ3n) is 5.26. The second-order valence-corrected chi connectivity index (χ2v) is 8.41. The third-order valence-corrected chi connectivity index (χ3v) is 6.29. The summed E-state index contributed by atoms with van der Waals surface area (Å²) in [4.78, 5) is -0.0330. The van der Waals surface area contributed by atoms with Crippen molar-refractivity contribution in [2.45, 2.75) is 51.1 Å². The van der Waals surface area contributed by atoms with Crippen molar-refractivity contribution in [3.63, 3.8) is 0 Å². The summed E-state index contributed by atoms with van der Waals surface area (Å²) in [6.07, 6.45) is 7.38. The van der Waals surface area contributed by atoms with Gasteiger partial charge in [-0.25, -0.2) is 13.6 Å². The van der Waals surface area contributed by atoms with Crippen molar-refractivity contribution in [3.05, 3.63) is 34.1 Å². The fraction of sp³-hybridized carbons (Fsp3) is 0.562. The van der Waals surface area contributed by atoms with Gasteiger partial charge in [0.05, 0.1) is 22.2 Å². The predicted molar refractivity (Wildman–Crippen MR) is 92.0 cm³/mol. The molecule has 3 rings (SSSR count). The highest BCUT2D eigenvalue weighted by Crippen LogP contribution is 2.42. The average molecular weight is 352 g/mol. The van der Waals surface area contributed by atoms with E-state index in [-0.39, 0.29) is 10.8 Å². The van der Waals surface area contributed by atoms with Crippen molar-refractivity contribution in [3.8, 4) is 0 Å². The SMILES string of the molecule is Cc1noc(C)c1C1=CC(N)(C2CCCC2)C(N)C(S(N)(=O)=O)=C1. The molecule has 1 aromatic rings. The minimum Gasteiger partial charge on any atom is -0.361 e. The Kier molecular flexibility index (Phi) is 4.19. The van der Waals surface area contributed by atoms with Crippen LogP contribution < -0.4 is 16.6 Å². The lowest BCUT2D eigenvalue weighted by molar-refractivity contribution is 0.307. The summed E-state index contributed by atoms with van der Waals surface area (Å²) in [7, 11) is -3.96. The number of allylic oxidation sites excluding steroid dienone is 2. The van der Waals surface area contributed by atoms with Crippen LogP contribution in [0.5, 0.6) is 0 Å². The van der Waals surface area contributed by atoms with Crippen LogP contribution in [0, 0.1) is 19.8 Å². The largest absolute Gasteiger partial charge is 0.361 e. The first-order valence-corrected chi connectivity index (χ1v) is 9.64. The van der Waals surface area contributed by atoms with E-state index in [1.807, 2.05) is 6.08 Å². The van der Waals surface area contributed by atoms with Gasteiger partial charge < -0.3 is 16.0 Å². The molecular formula is C16H24N4O3S. The Morgan fingerprint density at radius 1 is 1.29 bits per heavy atom. The Bertz CT molecular complexity index is 799. The zero-order valence-corrected chi connectivity index (χ0v) is 14.8. The minimum atomic E-state index is -3.96. The predicted octanol–water partition coefficient (Wildman–Crippen LogP) is 1.08. The number of nitrogens with two attached hydrogens (primary N) is 3. The maximum atomic E-state index is 12.1. The molecule has 132 valence electrons. The Labute approximate surface area is 142 Å². The highest BCUT2D eigenvalue weighted by molar-refractivity contribution is 7.93. The molecule has 0 amide bonds. The van der Waals surface area contributed by atoms with Crippen molar-refractivity contribution in [2.75, 3.05) is 0 Å². The van der Waals surface area contributed by atoms with Gasteiger partial charge >= 0.3 is 0 Å². The number of primary sulfonamides is 1. The first-order chi connectivity index (χ1) is 11.1. The van der Waals surface area contributed by atoms with Gasteiger partial charge in [0.15, 0.2) is 0 Å². The van der Waals surface area contributed by atoms with Crippen LogP contribution in [0.3, 0.4) is 0 Å². The van der Waals surface area contributed by atoms with Crippen molar-refractivity contribution >= 4 is 15.6 Å². The topological polar surface area (TPSA) is 138 Å². The number of aromatic nitrogens is 1. The van der Waals surface area contributed by atoms with Crippen LogP contribution in [-0.4, -0.2) is 25.2 Å². The Morgan fingerprint density at radius 2 is 1.92 bits per heavy atom. The molecule has 1 aromatic heterocycles. The van der Waals surface area contributed by atoms with Gasteiger partial charge in [0, 0.05) is 5.56 Å². The van der Waals surface area contributed by atoms with Gasteiger partial charge in [-0.2, -0.15) is 0 Å². The molecule has 6 N–H and O–H groups in total. The molecule has 0 saturated heterocycles. The molecule has 2 aliphatic rings. The van der Waals surface area contributed by atoms with Crippen molar-refractivity contribution < 1.29 is 12.9 Å². The zero-order chi connectivity index (χ0) is 17.7. The molecule has 0 radical (unpaired) electrons. The Morgan fingerprint density at radius 3 is 2.42 bits per heavy atom. The van der Waals surface area contributed by atoms with Crippen LogP contribution in [0.2, 0.25) is 0 Å². The van der Waals surface area contributed by atoms with Crippen LogP contribution in [0.1, 0.15) is 42.7 Å². The molecule has 1 heterocycles. The lowest BCUT2D eigenvalue weighted by atomic mass is 9.73. The van der Waals surface area contributed by atoms with Gasteiger partial charge in [-0.1, -0.05) is 24.1 Å². The molecule has 2 aliphatic carbocycles. The highest BCUT2D eigenvalue weighted by atomic mass is 32.2. The van der Waals surface area contributed by atoms with Crippen LogP contribution in [0.15, 0.2) is 21.6 Å². The molecular weight excluding hydrogens is 328 g/mol. The molecule has 7 nitrogen and oxygen atoms in total. The summed E-state index contributed by atoms with van der Waals surface area (Å²) < 4.78 is 29.4. The number of hydrogen-bond donors (Lipinski definition) is 3. The normalized spacial score (nSPS) is 28.8. The van der Waals surface area contributed by atoms with Crippen LogP contribution in [0.25, 0.3) is 5.57 Å². The van der Waals surface area contributed by atoms with Crippen LogP contribution >= 0.6 is 0 Å². The Hall–Kier alpha value is -1.48. The number of nitrogens with zero attached hydrogens (tertiary/aromatic N) is 1.